The molecular formula is C12H8ClN3O2S. The van der Waals surface area contributed by atoms with Crippen LogP contribution in [0.4, 0.5) is 5.69 Å². The highest BCUT2D eigenvalue weighted by atomic mass is 35.5. The summed E-state index contributed by atoms with van der Waals surface area (Å²) in [6.45, 7) is 0. The van der Waals surface area contributed by atoms with Gasteiger partial charge in [0.2, 0.25) is 0 Å². The Bertz CT molecular complexity index is 754. The standard InChI is InChI=1S/C12H8ClN3O2S/c13-10-5-6-15-8-12(10)19(17,18)16-11-4-2-1-3-9(11)7-14/h1-6,8,16H. The zero-order chi connectivity index (χ0) is 13.9. The van der Waals surface area contributed by atoms with Crippen LogP contribution in [0.5, 0.6) is 0 Å². The molecule has 0 saturated carbocycles. The number of pyridine rings is 1. The van der Waals surface area contributed by atoms with Crippen molar-refractivity contribution in [3.8, 4) is 6.07 Å². The molecule has 0 saturated heterocycles. The fourth-order valence-electron chi connectivity index (χ4n) is 1.43. The van der Waals surface area contributed by atoms with Crippen LogP contribution in [0.15, 0.2) is 47.6 Å². The minimum atomic E-state index is -3.87. The van der Waals surface area contributed by atoms with Crippen molar-refractivity contribution in [3.05, 3.63) is 53.3 Å². The van der Waals surface area contributed by atoms with Crippen LogP contribution < -0.4 is 4.72 Å². The first-order valence-corrected chi connectivity index (χ1v) is 7.02. The van der Waals surface area contributed by atoms with Gasteiger partial charge in [-0.1, -0.05) is 23.7 Å². The van der Waals surface area contributed by atoms with E-state index in [0.717, 1.165) is 6.20 Å². The summed E-state index contributed by atoms with van der Waals surface area (Å²) in [6.07, 6.45) is 2.55. The number of hydrogen-bond donors (Lipinski definition) is 1. The molecule has 1 aromatic heterocycles. The van der Waals surface area contributed by atoms with Crippen LogP contribution >= 0.6 is 11.6 Å². The maximum atomic E-state index is 12.1. The second kappa shape index (κ2) is 5.26. The van der Waals surface area contributed by atoms with Gasteiger partial charge in [-0.15, -0.1) is 0 Å². The number of hydrogen-bond acceptors (Lipinski definition) is 4. The molecule has 96 valence electrons. The predicted molar refractivity (Wildman–Crippen MR) is 71.2 cm³/mol. The third-order valence-electron chi connectivity index (χ3n) is 2.32. The average molecular weight is 294 g/mol. The SMILES string of the molecule is N#Cc1ccccc1NS(=O)(=O)c1cnccc1Cl. The van der Waals surface area contributed by atoms with Crippen molar-refractivity contribution < 1.29 is 8.42 Å². The summed E-state index contributed by atoms with van der Waals surface area (Å²) in [6, 6.07) is 9.58. The highest BCUT2D eigenvalue weighted by Crippen LogP contribution is 2.23. The number of halogens is 1. The van der Waals surface area contributed by atoms with Crippen molar-refractivity contribution in [3.63, 3.8) is 0 Å². The number of anilines is 1. The number of aromatic nitrogens is 1. The van der Waals surface area contributed by atoms with Crippen molar-refractivity contribution in [1.29, 1.82) is 5.26 Å². The molecule has 0 aliphatic carbocycles. The van der Waals surface area contributed by atoms with Gasteiger partial charge in [-0.2, -0.15) is 5.26 Å². The number of nitriles is 1. The van der Waals surface area contributed by atoms with Crippen molar-refractivity contribution in [2.45, 2.75) is 4.90 Å². The van der Waals surface area contributed by atoms with Gasteiger partial charge in [0.25, 0.3) is 10.0 Å². The van der Waals surface area contributed by atoms with Crippen LogP contribution in [-0.2, 0) is 10.0 Å². The lowest BCUT2D eigenvalue weighted by molar-refractivity contribution is 0.601. The van der Waals surface area contributed by atoms with E-state index in [-0.39, 0.29) is 21.2 Å². The molecule has 7 heteroatoms. The average Bonchev–Trinajstić information content (AvgIpc) is 2.39. The Hall–Kier alpha value is -2.10. The summed E-state index contributed by atoms with van der Waals surface area (Å²) in [5.74, 6) is 0. The predicted octanol–water partition coefficient (Wildman–Crippen LogP) is 2.41. The lowest BCUT2D eigenvalue weighted by Crippen LogP contribution is -2.14. The first-order chi connectivity index (χ1) is 9.04. The molecule has 2 rings (SSSR count). The lowest BCUT2D eigenvalue weighted by atomic mass is 10.2. The second-order valence-electron chi connectivity index (χ2n) is 3.57. The van der Waals surface area contributed by atoms with E-state index in [1.165, 1.54) is 24.4 Å². The number of para-hydroxylation sites is 1. The van der Waals surface area contributed by atoms with Gasteiger partial charge in [-0.05, 0) is 18.2 Å². The zero-order valence-corrected chi connectivity index (χ0v) is 11.1. The van der Waals surface area contributed by atoms with Crippen molar-refractivity contribution in [1.82, 2.24) is 4.98 Å². The topological polar surface area (TPSA) is 82.9 Å². The van der Waals surface area contributed by atoms with Gasteiger partial charge >= 0.3 is 0 Å². The molecule has 1 aromatic carbocycles. The Balaban J connectivity index is 2.44. The second-order valence-corrected chi connectivity index (χ2v) is 5.63. The lowest BCUT2D eigenvalue weighted by Gasteiger charge is -2.09. The van der Waals surface area contributed by atoms with E-state index < -0.39 is 10.0 Å². The number of benzene rings is 1. The van der Waals surface area contributed by atoms with Gasteiger partial charge in [0.05, 0.1) is 16.3 Å². The number of nitrogens with zero attached hydrogens (tertiary/aromatic N) is 2. The number of rotatable bonds is 3. The number of sulfonamides is 1. The summed E-state index contributed by atoms with van der Waals surface area (Å²) in [7, 11) is -3.87. The molecule has 0 fully saturated rings. The van der Waals surface area contributed by atoms with Gasteiger partial charge in [-0.3, -0.25) is 9.71 Å². The highest BCUT2D eigenvalue weighted by molar-refractivity contribution is 7.92. The van der Waals surface area contributed by atoms with Gasteiger partial charge in [0.1, 0.15) is 11.0 Å². The maximum absolute atomic E-state index is 12.1. The third-order valence-corrected chi connectivity index (χ3v) is 4.15. The highest BCUT2D eigenvalue weighted by Gasteiger charge is 2.19. The first kappa shape index (κ1) is 13.3. The fourth-order valence-corrected chi connectivity index (χ4v) is 2.94. The molecule has 0 aliphatic rings. The minimum Gasteiger partial charge on any atom is -0.278 e. The molecule has 1 heterocycles. The molecule has 0 atom stereocenters. The molecule has 0 spiro atoms. The maximum Gasteiger partial charge on any atom is 0.264 e. The van der Waals surface area contributed by atoms with Gasteiger partial charge in [-0.25, -0.2) is 8.42 Å². The molecule has 19 heavy (non-hydrogen) atoms. The smallest absolute Gasteiger partial charge is 0.264 e. The molecule has 0 aliphatic heterocycles. The van der Waals surface area contributed by atoms with E-state index in [1.807, 2.05) is 6.07 Å². The Morgan fingerprint density at radius 1 is 1.26 bits per heavy atom. The largest absolute Gasteiger partial charge is 0.278 e. The van der Waals surface area contributed by atoms with Crippen LogP contribution in [0.3, 0.4) is 0 Å². The van der Waals surface area contributed by atoms with Gasteiger partial charge in [0, 0.05) is 12.4 Å². The van der Waals surface area contributed by atoms with Crippen molar-refractivity contribution >= 4 is 27.3 Å². The summed E-state index contributed by atoms with van der Waals surface area (Å²) in [5.41, 5.74) is 0.427. The van der Waals surface area contributed by atoms with E-state index in [9.17, 15) is 8.42 Å². The van der Waals surface area contributed by atoms with Gasteiger partial charge in [0.15, 0.2) is 0 Å². The number of nitrogens with one attached hydrogen (secondary N) is 1. The van der Waals surface area contributed by atoms with E-state index in [2.05, 4.69) is 9.71 Å². The Morgan fingerprint density at radius 2 is 2.00 bits per heavy atom. The summed E-state index contributed by atoms with van der Waals surface area (Å²) in [4.78, 5) is 3.59. The summed E-state index contributed by atoms with van der Waals surface area (Å²) < 4.78 is 26.6. The van der Waals surface area contributed by atoms with Crippen LogP contribution in [0, 0.1) is 11.3 Å². The van der Waals surface area contributed by atoms with Crippen LogP contribution in [0.25, 0.3) is 0 Å². The van der Waals surface area contributed by atoms with E-state index in [1.54, 1.807) is 12.1 Å². The first-order valence-electron chi connectivity index (χ1n) is 5.16. The van der Waals surface area contributed by atoms with Crippen molar-refractivity contribution in [2.75, 3.05) is 4.72 Å². The summed E-state index contributed by atoms with van der Waals surface area (Å²) >= 11 is 5.82. The van der Waals surface area contributed by atoms with Gasteiger partial charge < -0.3 is 0 Å². The molecule has 1 N–H and O–H groups in total. The van der Waals surface area contributed by atoms with E-state index in [0.29, 0.717) is 0 Å². The molecular weight excluding hydrogens is 286 g/mol. The third kappa shape index (κ3) is 2.84. The molecule has 5 nitrogen and oxygen atoms in total. The summed E-state index contributed by atoms with van der Waals surface area (Å²) in [5, 5.41) is 8.98. The fraction of sp³-hybridized carbons (Fsp3) is 0. The normalized spacial score (nSPS) is 10.7. The van der Waals surface area contributed by atoms with Crippen molar-refractivity contribution in [2.24, 2.45) is 0 Å². The molecule has 2 aromatic rings. The van der Waals surface area contributed by atoms with E-state index >= 15 is 0 Å². The Kier molecular flexibility index (Phi) is 3.69. The monoisotopic (exact) mass is 293 g/mol. The van der Waals surface area contributed by atoms with Crippen LogP contribution in [0.1, 0.15) is 5.56 Å². The molecule has 0 bridgehead atoms. The Morgan fingerprint density at radius 3 is 2.68 bits per heavy atom. The molecule has 0 amide bonds. The molecule has 0 radical (unpaired) electrons. The quantitative estimate of drug-likeness (QED) is 0.942. The zero-order valence-electron chi connectivity index (χ0n) is 9.54. The van der Waals surface area contributed by atoms with Crippen LogP contribution in [-0.4, -0.2) is 13.4 Å². The van der Waals surface area contributed by atoms with E-state index in [4.69, 9.17) is 16.9 Å². The Labute approximate surface area is 115 Å². The minimum absolute atomic E-state index is 0.0666. The molecule has 0 unspecified atom stereocenters. The van der Waals surface area contributed by atoms with Crippen LogP contribution in [0.2, 0.25) is 5.02 Å².